The average Bonchev–Trinajstić information content (AvgIpc) is 3.24. The Morgan fingerprint density at radius 3 is 2.52 bits per heavy atom. The van der Waals surface area contributed by atoms with Gasteiger partial charge in [-0.3, -0.25) is 13.9 Å². The maximum Gasteiger partial charge on any atom is 0.332 e. The van der Waals surface area contributed by atoms with Gasteiger partial charge in [-0.15, -0.1) is 11.8 Å². The lowest BCUT2D eigenvalue weighted by atomic mass is 10.1. The molecular weight excluding hydrogens is 431 g/mol. The summed E-state index contributed by atoms with van der Waals surface area (Å²) in [5, 5.41) is 2.09. The van der Waals surface area contributed by atoms with Crippen LogP contribution >= 0.6 is 35.0 Å². The van der Waals surface area contributed by atoms with E-state index < -0.39 is 5.69 Å². The van der Waals surface area contributed by atoms with Gasteiger partial charge in [0.25, 0.3) is 5.56 Å². The zero-order valence-electron chi connectivity index (χ0n) is 16.1. The topological polar surface area (TPSA) is 69.8 Å². The van der Waals surface area contributed by atoms with Gasteiger partial charge < -0.3 is 0 Å². The largest absolute Gasteiger partial charge is 0.332 e. The molecule has 2 heterocycles. The minimum Gasteiger partial charge on any atom is -0.280 e. The third kappa shape index (κ3) is 3.83. The SMILES string of the molecule is Cn1c(=O)c2c(SCc3ccc(Cl)cc3Cl)nc(C3CCCC3)nc2n(C)c1=O. The summed E-state index contributed by atoms with van der Waals surface area (Å²) in [6.45, 7) is 0. The Bertz CT molecular complexity index is 1220. The molecule has 3 aromatic rings. The Kier molecular flexibility index (Phi) is 5.73. The number of nitrogens with zero attached hydrogens (tertiary/aromatic N) is 4. The number of benzene rings is 1. The number of halogens is 2. The summed E-state index contributed by atoms with van der Waals surface area (Å²) < 4.78 is 2.52. The van der Waals surface area contributed by atoms with Crippen molar-refractivity contribution in [3.8, 4) is 0 Å². The van der Waals surface area contributed by atoms with E-state index in [0.29, 0.717) is 37.7 Å². The van der Waals surface area contributed by atoms with E-state index in [2.05, 4.69) is 4.98 Å². The molecule has 2 aromatic heterocycles. The highest BCUT2D eigenvalue weighted by molar-refractivity contribution is 7.98. The molecule has 29 heavy (non-hydrogen) atoms. The third-order valence-corrected chi connectivity index (χ3v) is 7.00. The number of hydrogen-bond acceptors (Lipinski definition) is 5. The first kappa shape index (κ1) is 20.4. The molecule has 1 aliphatic carbocycles. The van der Waals surface area contributed by atoms with Crippen molar-refractivity contribution in [2.24, 2.45) is 14.1 Å². The molecule has 0 radical (unpaired) electrons. The molecule has 152 valence electrons. The van der Waals surface area contributed by atoms with Crippen LogP contribution in [0, 0.1) is 0 Å². The maximum atomic E-state index is 12.9. The fourth-order valence-electron chi connectivity index (χ4n) is 3.70. The van der Waals surface area contributed by atoms with Crippen molar-refractivity contribution < 1.29 is 0 Å². The summed E-state index contributed by atoms with van der Waals surface area (Å²) in [6, 6.07) is 5.35. The van der Waals surface area contributed by atoms with Crippen LogP contribution in [-0.4, -0.2) is 19.1 Å². The molecule has 6 nitrogen and oxygen atoms in total. The van der Waals surface area contributed by atoms with Crippen molar-refractivity contribution in [2.75, 3.05) is 0 Å². The van der Waals surface area contributed by atoms with Crippen LogP contribution in [0.2, 0.25) is 10.0 Å². The quantitative estimate of drug-likeness (QED) is 0.438. The molecule has 9 heteroatoms. The summed E-state index contributed by atoms with van der Waals surface area (Å²) in [4.78, 5) is 34.7. The lowest BCUT2D eigenvalue weighted by Gasteiger charge is -2.14. The molecule has 0 unspecified atom stereocenters. The zero-order valence-corrected chi connectivity index (χ0v) is 18.4. The Morgan fingerprint density at radius 2 is 1.83 bits per heavy atom. The number of aryl methyl sites for hydroxylation is 1. The second kappa shape index (κ2) is 8.13. The molecule has 0 spiro atoms. The van der Waals surface area contributed by atoms with Gasteiger partial charge in [-0.05, 0) is 30.5 Å². The summed E-state index contributed by atoms with van der Waals surface area (Å²) in [7, 11) is 3.11. The van der Waals surface area contributed by atoms with Crippen molar-refractivity contribution >= 4 is 46.0 Å². The Balaban J connectivity index is 1.85. The standard InChI is InChI=1S/C20H20Cl2N4O2S/c1-25-17-15(19(27)26(2)20(25)28)18(24-16(23-17)11-5-3-4-6-11)29-10-12-7-8-13(21)9-14(12)22/h7-9,11H,3-6,10H2,1-2H3. The molecule has 0 amide bonds. The third-order valence-electron chi connectivity index (χ3n) is 5.38. The highest BCUT2D eigenvalue weighted by atomic mass is 35.5. The normalized spacial score (nSPS) is 14.8. The minimum absolute atomic E-state index is 0.261. The van der Waals surface area contributed by atoms with E-state index in [0.717, 1.165) is 35.8 Å². The van der Waals surface area contributed by atoms with Gasteiger partial charge in [-0.2, -0.15) is 0 Å². The van der Waals surface area contributed by atoms with Gasteiger partial charge in [0.15, 0.2) is 5.65 Å². The van der Waals surface area contributed by atoms with E-state index >= 15 is 0 Å². The number of hydrogen-bond donors (Lipinski definition) is 0. The lowest BCUT2D eigenvalue weighted by Crippen LogP contribution is -2.38. The molecule has 1 aliphatic rings. The van der Waals surface area contributed by atoms with Crippen LogP contribution in [0.25, 0.3) is 11.0 Å². The number of aromatic nitrogens is 4. The molecule has 0 aliphatic heterocycles. The maximum absolute atomic E-state index is 12.9. The van der Waals surface area contributed by atoms with Crippen LogP contribution in [-0.2, 0) is 19.8 Å². The second-order valence-corrected chi connectivity index (χ2v) is 9.10. The first-order valence-corrected chi connectivity index (χ1v) is 11.2. The van der Waals surface area contributed by atoms with Crippen LogP contribution in [0.5, 0.6) is 0 Å². The van der Waals surface area contributed by atoms with Crippen molar-refractivity contribution in [1.29, 1.82) is 0 Å². The summed E-state index contributed by atoms with van der Waals surface area (Å²) in [5.74, 6) is 1.50. The monoisotopic (exact) mass is 450 g/mol. The Hall–Kier alpha value is -1.83. The summed E-state index contributed by atoms with van der Waals surface area (Å²) >= 11 is 13.7. The molecule has 4 rings (SSSR count). The molecule has 0 atom stereocenters. The highest BCUT2D eigenvalue weighted by Crippen LogP contribution is 2.35. The summed E-state index contributed by atoms with van der Waals surface area (Å²) in [6.07, 6.45) is 4.34. The van der Waals surface area contributed by atoms with Gasteiger partial charge in [-0.25, -0.2) is 14.8 Å². The average molecular weight is 451 g/mol. The van der Waals surface area contributed by atoms with E-state index in [1.54, 1.807) is 19.2 Å². The van der Waals surface area contributed by atoms with E-state index in [9.17, 15) is 9.59 Å². The van der Waals surface area contributed by atoms with Crippen molar-refractivity contribution in [3.05, 3.63) is 60.5 Å². The molecular formula is C20H20Cl2N4O2S. The molecule has 0 bridgehead atoms. The zero-order chi connectivity index (χ0) is 20.7. The van der Waals surface area contributed by atoms with E-state index in [1.807, 2.05) is 6.07 Å². The smallest absolute Gasteiger partial charge is 0.280 e. The van der Waals surface area contributed by atoms with Gasteiger partial charge in [0.2, 0.25) is 0 Å². The molecule has 0 N–H and O–H groups in total. The fraction of sp³-hybridized carbons (Fsp3) is 0.400. The first-order chi connectivity index (χ1) is 13.9. The Labute approximate surface area is 181 Å². The van der Waals surface area contributed by atoms with E-state index in [4.69, 9.17) is 28.2 Å². The number of fused-ring (bicyclic) bond motifs is 1. The lowest BCUT2D eigenvalue weighted by molar-refractivity contribution is 0.648. The second-order valence-electron chi connectivity index (χ2n) is 7.30. The number of thioether (sulfide) groups is 1. The van der Waals surface area contributed by atoms with Crippen molar-refractivity contribution in [3.63, 3.8) is 0 Å². The Morgan fingerprint density at radius 1 is 1.10 bits per heavy atom. The van der Waals surface area contributed by atoms with Gasteiger partial charge in [0.1, 0.15) is 16.2 Å². The van der Waals surface area contributed by atoms with E-state index in [1.165, 1.54) is 23.4 Å². The molecule has 1 fully saturated rings. The highest BCUT2D eigenvalue weighted by Gasteiger charge is 2.24. The van der Waals surface area contributed by atoms with Crippen LogP contribution < -0.4 is 11.2 Å². The van der Waals surface area contributed by atoms with Crippen molar-refractivity contribution in [1.82, 2.24) is 19.1 Å². The number of rotatable bonds is 4. The predicted octanol–water partition coefficient (Wildman–Crippen LogP) is 4.28. The van der Waals surface area contributed by atoms with Gasteiger partial charge >= 0.3 is 5.69 Å². The van der Waals surface area contributed by atoms with Crippen LogP contribution in [0.3, 0.4) is 0 Å². The minimum atomic E-state index is -0.393. The van der Waals surface area contributed by atoms with E-state index in [-0.39, 0.29) is 11.5 Å². The molecule has 1 saturated carbocycles. The predicted molar refractivity (Wildman–Crippen MR) is 117 cm³/mol. The van der Waals surface area contributed by atoms with Crippen LogP contribution in [0.1, 0.15) is 43.0 Å². The van der Waals surface area contributed by atoms with Gasteiger partial charge in [0.05, 0.1) is 0 Å². The first-order valence-electron chi connectivity index (χ1n) is 9.41. The van der Waals surface area contributed by atoms with Crippen molar-refractivity contribution in [2.45, 2.75) is 42.4 Å². The summed E-state index contributed by atoms with van der Waals surface area (Å²) in [5.41, 5.74) is 0.512. The van der Waals surface area contributed by atoms with Gasteiger partial charge in [0, 0.05) is 35.8 Å². The molecule has 1 aromatic carbocycles. The molecule has 0 saturated heterocycles. The van der Waals surface area contributed by atoms with Crippen LogP contribution in [0.15, 0.2) is 32.8 Å². The van der Waals surface area contributed by atoms with Gasteiger partial charge in [-0.1, -0.05) is 42.1 Å². The fourth-order valence-corrected chi connectivity index (χ4v) is 5.28. The van der Waals surface area contributed by atoms with Crippen LogP contribution in [0.4, 0.5) is 0 Å².